The van der Waals surface area contributed by atoms with Crippen molar-refractivity contribution in [2.45, 2.75) is 24.4 Å². The fourth-order valence-corrected chi connectivity index (χ4v) is 3.04. The Kier molecular flexibility index (Phi) is 3.49. The predicted octanol–water partition coefficient (Wildman–Crippen LogP) is 4.41. The third-order valence-electron chi connectivity index (χ3n) is 4.37. The minimum absolute atomic E-state index is 0.0325. The summed E-state index contributed by atoms with van der Waals surface area (Å²) in [7, 11) is 0. The zero-order chi connectivity index (χ0) is 15.6. The lowest BCUT2D eigenvalue weighted by Gasteiger charge is -2.27. The Morgan fingerprint density at radius 1 is 0.955 bits per heavy atom. The van der Waals surface area contributed by atoms with Gasteiger partial charge in [0.05, 0.1) is 0 Å². The Labute approximate surface area is 130 Å². The van der Waals surface area contributed by atoms with Crippen LogP contribution in [-0.2, 0) is 15.9 Å². The Bertz CT molecular complexity index is 724. The number of hydrogen-bond donors (Lipinski definition) is 0. The van der Waals surface area contributed by atoms with Gasteiger partial charge in [-0.3, -0.25) is 4.79 Å². The van der Waals surface area contributed by atoms with Crippen LogP contribution in [0.2, 0.25) is 0 Å². The molecule has 0 saturated heterocycles. The summed E-state index contributed by atoms with van der Waals surface area (Å²) < 4.78 is 0. The number of azo groups is 1. The van der Waals surface area contributed by atoms with Crippen LogP contribution in [0.15, 0.2) is 83.5 Å². The average Bonchev–Trinajstić information content (AvgIpc) is 2.90. The molecule has 3 rings (SSSR count). The van der Waals surface area contributed by atoms with Crippen LogP contribution in [0.25, 0.3) is 0 Å². The van der Waals surface area contributed by atoms with Crippen LogP contribution in [0.4, 0.5) is 0 Å². The molecule has 110 valence electrons. The van der Waals surface area contributed by atoms with Gasteiger partial charge in [-0.05, 0) is 17.5 Å². The molecule has 22 heavy (non-hydrogen) atoms. The number of hydrogen-bond acceptors (Lipinski definition) is 3. The lowest BCUT2D eigenvalue weighted by atomic mass is 9.74. The molecular weight excluding hydrogens is 272 g/mol. The van der Waals surface area contributed by atoms with Crippen molar-refractivity contribution in [3.63, 3.8) is 0 Å². The molecule has 3 heteroatoms. The smallest absolute Gasteiger partial charge is 0.204 e. The van der Waals surface area contributed by atoms with E-state index in [-0.39, 0.29) is 5.78 Å². The Morgan fingerprint density at radius 2 is 1.50 bits per heavy atom. The van der Waals surface area contributed by atoms with Crippen LogP contribution in [0.3, 0.4) is 0 Å². The summed E-state index contributed by atoms with van der Waals surface area (Å²) in [5, 5.41) is 8.84. The highest BCUT2D eigenvalue weighted by Gasteiger charge is 2.55. The molecule has 1 aliphatic heterocycles. The topological polar surface area (TPSA) is 41.8 Å². The molecule has 0 aromatic heterocycles. The quantitative estimate of drug-likeness (QED) is 0.769. The molecule has 0 unspecified atom stereocenters. The van der Waals surface area contributed by atoms with Crippen LogP contribution >= 0.6 is 0 Å². The van der Waals surface area contributed by atoms with Crippen molar-refractivity contribution in [1.82, 2.24) is 0 Å². The third-order valence-corrected chi connectivity index (χ3v) is 4.37. The molecule has 1 heterocycles. The van der Waals surface area contributed by atoms with Crippen molar-refractivity contribution in [1.29, 1.82) is 0 Å². The van der Waals surface area contributed by atoms with Crippen LogP contribution in [0.5, 0.6) is 0 Å². The second-order valence-electron chi connectivity index (χ2n) is 5.45. The van der Waals surface area contributed by atoms with Gasteiger partial charge < -0.3 is 0 Å². The van der Waals surface area contributed by atoms with Crippen molar-refractivity contribution in [2.75, 3.05) is 0 Å². The molecule has 3 nitrogen and oxygen atoms in total. The van der Waals surface area contributed by atoms with Gasteiger partial charge in [-0.2, -0.15) is 10.2 Å². The van der Waals surface area contributed by atoms with Crippen molar-refractivity contribution < 1.29 is 4.79 Å². The minimum atomic E-state index is -1.09. The number of rotatable bonds is 4. The van der Waals surface area contributed by atoms with E-state index in [0.717, 1.165) is 11.1 Å². The molecule has 0 fully saturated rings. The molecule has 0 amide bonds. The van der Waals surface area contributed by atoms with Crippen LogP contribution in [0.1, 0.15) is 24.5 Å². The number of carbonyl (C=O) groups is 1. The van der Waals surface area contributed by atoms with Crippen LogP contribution < -0.4 is 0 Å². The molecule has 0 N–H and O–H groups in total. The summed E-state index contributed by atoms with van der Waals surface area (Å²) >= 11 is 0. The fraction of sp³-hybridized carbons (Fsp3) is 0.211. The second-order valence-corrected chi connectivity index (χ2v) is 5.45. The lowest BCUT2D eigenvalue weighted by molar-refractivity contribution is -0.126. The van der Waals surface area contributed by atoms with E-state index in [4.69, 9.17) is 0 Å². The number of Topliss-reactive ketones (excluding diaryl/α,β-unsaturated/α-hetero) is 1. The predicted molar refractivity (Wildman–Crippen MR) is 86.6 cm³/mol. The number of nitrogens with zero attached hydrogens (tertiary/aromatic N) is 2. The highest BCUT2D eigenvalue weighted by Crippen LogP contribution is 2.47. The first kappa shape index (κ1) is 14.4. The van der Waals surface area contributed by atoms with Crippen molar-refractivity contribution >= 4 is 5.78 Å². The fourth-order valence-electron chi connectivity index (χ4n) is 3.04. The third kappa shape index (κ3) is 1.86. The molecule has 2 aromatic carbocycles. The number of ketones is 1. The SMILES string of the molecule is C=C[C@@]1(c2ccccc2)N=N[C@@](CC)(c2ccccc2)C1=O. The molecular formula is C19H18N2O. The van der Waals surface area contributed by atoms with Gasteiger partial charge in [0.2, 0.25) is 5.78 Å². The first-order valence-electron chi connectivity index (χ1n) is 7.43. The summed E-state index contributed by atoms with van der Waals surface area (Å²) in [4.78, 5) is 13.4. The van der Waals surface area contributed by atoms with E-state index in [1.807, 2.05) is 67.6 Å². The summed E-state index contributed by atoms with van der Waals surface area (Å²) in [5.41, 5.74) is -0.325. The molecule has 1 aliphatic rings. The molecule has 0 bridgehead atoms. The van der Waals surface area contributed by atoms with E-state index in [0.29, 0.717) is 6.42 Å². The first-order valence-corrected chi connectivity index (χ1v) is 7.43. The summed E-state index contributed by atoms with van der Waals surface area (Å²) in [6, 6.07) is 19.2. The monoisotopic (exact) mass is 290 g/mol. The van der Waals surface area contributed by atoms with Crippen LogP contribution in [-0.4, -0.2) is 5.78 Å². The Balaban J connectivity index is 2.15. The van der Waals surface area contributed by atoms with Gasteiger partial charge >= 0.3 is 0 Å². The first-order chi connectivity index (χ1) is 10.7. The van der Waals surface area contributed by atoms with Gasteiger partial charge in [0.1, 0.15) is 0 Å². The van der Waals surface area contributed by atoms with E-state index in [9.17, 15) is 4.79 Å². The Hall–Kier alpha value is -2.55. The number of benzene rings is 2. The zero-order valence-electron chi connectivity index (χ0n) is 12.6. The summed E-state index contributed by atoms with van der Waals surface area (Å²) in [6.45, 7) is 5.83. The van der Waals surface area contributed by atoms with Crippen molar-refractivity contribution in [3.8, 4) is 0 Å². The van der Waals surface area contributed by atoms with Crippen molar-refractivity contribution in [2.24, 2.45) is 10.2 Å². The highest BCUT2D eigenvalue weighted by atomic mass is 16.1. The minimum Gasteiger partial charge on any atom is -0.293 e. The zero-order valence-corrected chi connectivity index (χ0v) is 12.6. The molecule has 0 aliphatic carbocycles. The van der Waals surface area contributed by atoms with Gasteiger partial charge in [0.15, 0.2) is 11.1 Å². The maximum absolute atomic E-state index is 13.4. The standard InChI is InChI=1S/C19H18N2O/c1-3-18(15-11-7-5-8-12-15)17(22)19(4-2,21-20-18)16-13-9-6-10-14-16/h3,5-14H,1,4H2,2H3/t18-,19-/m0/s1. The number of carbonyl (C=O) groups excluding carboxylic acids is 1. The van der Waals surface area contributed by atoms with Gasteiger partial charge in [0, 0.05) is 0 Å². The van der Waals surface area contributed by atoms with Gasteiger partial charge in [0.25, 0.3) is 0 Å². The maximum atomic E-state index is 13.4. The summed E-state index contributed by atoms with van der Waals surface area (Å²) in [6.07, 6.45) is 2.18. The van der Waals surface area contributed by atoms with E-state index in [2.05, 4.69) is 16.8 Å². The maximum Gasteiger partial charge on any atom is 0.204 e. The van der Waals surface area contributed by atoms with Crippen LogP contribution in [0, 0.1) is 0 Å². The Morgan fingerprint density at radius 3 is 2.00 bits per heavy atom. The molecule has 2 aromatic rings. The highest BCUT2D eigenvalue weighted by molar-refractivity contribution is 6.01. The lowest BCUT2D eigenvalue weighted by Crippen LogP contribution is -2.40. The van der Waals surface area contributed by atoms with Gasteiger partial charge in [-0.25, -0.2) is 0 Å². The summed E-state index contributed by atoms with van der Waals surface area (Å²) in [5.74, 6) is -0.0325. The molecule has 2 atom stereocenters. The molecule has 0 saturated carbocycles. The largest absolute Gasteiger partial charge is 0.293 e. The molecule has 0 radical (unpaired) electrons. The van der Waals surface area contributed by atoms with E-state index >= 15 is 0 Å². The average molecular weight is 290 g/mol. The van der Waals surface area contributed by atoms with E-state index in [1.165, 1.54) is 0 Å². The van der Waals surface area contributed by atoms with Gasteiger partial charge in [-0.1, -0.05) is 80.2 Å². The molecule has 0 spiro atoms. The second kappa shape index (κ2) is 5.34. The van der Waals surface area contributed by atoms with E-state index < -0.39 is 11.1 Å². The van der Waals surface area contributed by atoms with Gasteiger partial charge in [-0.15, -0.1) is 0 Å². The van der Waals surface area contributed by atoms with Crippen molar-refractivity contribution in [3.05, 3.63) is 84.4 Å². The normalized spacial score (nSPS) is 27.0. The van der Waals surface area contributed by atoms with E-state index in [1.54, 1.807) is 6.08 Å².